The van der Waals surface area contributed by atoms with Crippen LogP contribution in [0.3, 0.4) is 0 Å². The summed E-state index contributed by atoms with van der Waals surface area (Å²) in [6.07, 6.45) is 5.91. The average molecular weight is 309 g/mol. The zero-order valence-electron chi connectivity index (χ0n) is 13.2. The monoisotopic (exact) mass is 309 g/mol. The number of carbonyl (C=O) groups is 1. The van der Waals surface area contributed by atoms with Crippen molar-refractivity contribution in [2.75, 3.05) is 5.32 Å². The van der Waals surface area contributed by atoms with E-state index in [0.717, 1.165) is 12.1 Å². The Morgan fingerprint density at radius 3 is 2.74 bits per heavy atom. The van der Waals surface area contributed by atoms with E-state index in [1.54, 1.807) is 29.3 Å². The third-order valence-corrected chi connectivity index (χ3v) is 3.79. The van der Waals surface area contributed by atoms with Gasteiger partial charge in [-0.1, -0.05) is 25.1 Å². The Kier molecular flexibility index (Phi) is 4.23. The van der Waals surface area contributed by atoms with Crippen molar-refractivity contribution in [3.63, 3.8) is 0 Å². The Balaban J connectivity index is 1.77. The minimum absolute atomic E-state index is 0.197. The van der Waals surface area contributed by atoms with E-state index in [9.17, 15) is 4.79 Å². The molecule has 6 heteroatoms. The van der Waals surface area contributed by atoms with Crippen molar-refractivity contribution in [1.82, 2.24) is 19.6 Å². The highest BCUT2D eigenvalue weighted by molar-refractivity contribution is 6.03. The van der Waals surface area contributed by atoms with Crippen molar-refractivity contribution in [2.45, 2.75) is 26.3 Å². The third-order valence-electron chi connectivity index (χ3n) is 3.79. The van der Waals surface area contributed by atoms with Crippen LogP contribution >= 0.6 is 0 Å². The first kappa shape index (κ1) is 15.0. The van der Waals surface area contributed by atoms with E-state index in [-0.39, 0.29) is 11.9 Å². The van der Waals surface area contributed by atoms with Gasteiger partial charge >= 0.3 is 0 Å². The summed E-state index contributed by atoms with van der Waals surface area (Å²) < 4.78 is 3.50. The van der Waals surface area contributed by atoms with Gasteiger partial charge in [0.2, 0.25) is 0 Å². The molecular formula is C17H19N5O. The molecule has 0 aliphatic heterocycles. The van der Waals surface area contributed by atoms with Gasteiger partial charge in [-0.25, -0.2) is 9.36 Å². The van der Waals surface area contributed by atoms with E-state index in [4.69, 9.17) is 0 Å². The molecule has 0 spiro atoms. The van der Waals surface area contributed by atoms with Crippen LogP contribution in [0, 0.1) is 0 Å². The van der Waals surface area contributed by atoms with E-state index in [1.807, 2.05) is 35.0 Å². The fourth-order valence-corrected chi connectivity index (χ4v) is 2.29. The molecule has 0 aliphatic rings. The number of amides is 1. The van der Waals surface area contributed by atoms with Gasteiger partial charge in [0.1, 0.15) is 5.82 Å². The molecule has 3 aromatic rings. The number of hydrogen-bond donors (Lipinski definition) is 1. The SMILES string of the molecule is CCC(C)n1nccc1NC(=O)c1cnn(-c2ccccc2)c1. The molecule has 1 N–H and O–H groups in total. The quantitative estimate of drug-likeness (QED) is 0.786. The largest absolute Gasteiger partial charge is 0.307 e. The maximum Gasteiger partial charge on any atom is 0.260 e. The number of rotatable bonds is 5. The van der Waals surface area contributed by atoms with Gasteiger partial charge in [-0.2, -0.15) is 10.2 Å². The fourth-order valence-electron chi connectivity index (χ4n) is 2.29. The summed E-state index contributed by atoms with van der Waals surface area (Å²) in [5.41, 5.74) is 1.42. The lowest BCUT2D eigenvalue weighted by molar-refractivity contribution is 0.102. The van der Waals surface area contributed by atoms with E-state index in [2.05, 4.69) is 29.4 Å². The second-order valence-electron chi connectivity index (χ2n) is 5.38. The fraction of sp³-hybridized carbons (Fsp3) is 0.235. The van der Waals surface area contributed by atoms with Gasteiger partial charge in [0.05, 0.1) is 29.7 Å². The van der Waals surface area contributed by atoms with Crippen LogP contribution in [0.25, 0.3) is 5.69 Å². The summed E-state index contributed by atoms with van der Waals surface area (Å²) in [4.78, 5) is 12.4. The number of anilines is 1. The minimum atomic E-state index is -0.197. The molecule has 2 heterocycles. The zero-order chi connectivity index (χ0) is 16.2. The summed E-state index contributed by atoms with van der Waals surface area (Å²) in [6, 6.07) is 11.7. The molecule has 2 aromatic heterocycles. The highest BCUT2D eigenvalue weighted by Gasteiger charge is 2.14. The van der Waals surface area contributed by atoms with E-state index in [1.165, 1.54) is 0 Å². The van der Waals surface area contributed by atoms with Crippen molar-refractivity contribution < 1.29 is 4.79 Å². The second-order valence-corrected chi connectivity index (χ2v) is 5.38. The number of para-hydroxylation sites is 1. The van der Waals surface area contributed by atoms with Crippen LogP contribution in [-0.2, 0) is 0 Å². The summed E-state index contributed by atoms with van der Waals surface area (Å²) >= 11 is 0. The zero-order valence-corrected chi connectivity index (χ0v) is 13.2. The minimum Gasteiger partial charge on any atom is -0.307 e. The van der Waals surface area contributed by atoms with Gasteiger partial charge in [-0.05, 0) is 25.5 Å². The normalized spacial score (nSPS) is 12.1. The predicted molar refractivity (Wildman–Crippen MR) is 88.7 cm³/mol. The molecule has 118 valence electrons. The van der Waals surface area contributed by atoms with Crippen LogP contribution in [0.15, 0.2) is 55.0 Å². The van der Waals surface area contributed by atoms with E-state index in [0.29, 0.717) is 11.4 Å². The lowest BCUT2D eigenvalue weighted by atomic mass is 10.2. The van der Waals surface area contributed by atoms with Gasteiger partial charge in [-0.3, -0.25) is 4.79 Å². The van der Waals surface area contributed by atoms with Gasteiger partial charge in [-0.15, -0.1) is 0 Å². The first-order chi connectivity index (χ1) is 11.2. The van der Waals surface area contributed by atoms with Crippen LogP contribution in [0.5, 0.6) is 0 Å². The number of aromatic nitrogens is 4. The molecule has 1 atom stereocenters. The second kappa shape index (κ2) is 6.48. The van der Waals surface area contributed by atoms with Crippen LogP contribution in [0.1, 0.15) is 36.7 Å². The van der Waals surface area contributed by atoms with Crippen molar-refractivity contribution in [3.05, 3.63) is 60.6 Å². The van der Waals surface area contributed by atoms with Crippen LogP contribution in [-0.4, -0.2) is 25.5 Å². The van der Waals surface area contributed by atoms with E-state index >= 15 is 0 Å². The highest BCUT2D eigenvalue weighted by atomic mass is 16.1. The molecule has 6 nitrogen and oxygen atoms in total. The van der Waals surface area contributed by atoms with Gasteiger partial charge < -0.3 is 5.32 Å². The molecule has 23 heavy (non-hydrogen) atoms. The van der Waals surface area contributed by atoms with Crippen molar-refractivity contribution >= 4 is 11.7 Å². The molecule has 0 saturated carbocycles. The first-order valence-electron chi connectivity index (χ1n) is 7.64. The maximum atomic E-state index is 12.4. The van der Waals surface area contributed by atoms with Gasteiger partial charge in [0.15, 0.2) is 0 Å². The molecule has 1 aromatic carbocycles. The number of nitrogens with zero attached hydrogens (tertiary/aromatic N) is 4. The Morgan fingerprint density at radius 2 is 2.00 bits per heavy atom. The topological polar surface area (TPSA) is 64.7 Å². The van der Waals surface area contributed by atoms with Crippen molar-refractivity contribution in [2.24, 2.45) is 0 Å². The summed E-state index contributed by atoms with van der Waals surface area (Å²) in [6.45, 7) is 4.15. The highest BCUT2D eigenvalue weighted by Crippen LogP contribution is 2.17. The Morgan fingerprint density at radius 1 is 1.22 bits per heavy atom. The summed E-state index contributed by atoms with van der Waals surface area (Å²) in [5, 5.41) is 11.4. The van der Waals surface area contributed by atoms with Crippen LogP contribution in [0.2, 0.25) is 0 Å². The number of nitrogens with one attached hydrogen (secondary N) is 1. The van der Waals surface area contributed by atoms with Crippen molar-refractivity contribution in [1.29, 1.82) is 0 Å². The Hall–Kier alpha value is -2.89. The van der Waals surface area contributed by atoms with Crippen LogP contribution < -0.4 is 5.32 Å². The van der Waals surface area contributed by atoms with Crippen LogP contribution in [0.4, 0.5) is 5.82 Å². The molecule has 0 saturated heterocycles. The van der Waals surface area contributed by atoms with Crippen molar-refractivity contribution in [3.8, 4) is 5.69 Å². The molecule has 0 radical (unpaired) electrons. The molecule has 0 aliphatic carbocycles. The number of hydrogen-bond acceptors (Lipinski definition) is 3. The molecule has 0 fully saturated rings. The Labute approximate surface area is 134 Å². The van der Waals surface area contributed by atoms with E-state index < -0.39 is 0 Å². The standard InChI is InChI=1S/C17H19N5O/c1-3-13(2)22-16(9-10-18-22)20-17(23)14-11-19-21(12-14)15-7-5-4-6-8-15/h4-13H,3H2,1-2H3,(H,20,23). The smallest absolute Gasteiger partial charge is 0.260 e. The third kappa shape index (κ3) is 3.15. The number of carbonyl (C=O) groups excluding carboxylic acids is 1. The van der Waals surface area contributed by atoms with Gasteiger partial charge in [0, 0.05) is 12.3 Å². The Bertz CT molecular complexity index is 790. The number of benzene rings is 1. The summed E-state index contributed by atoms with van der Waals surface area (Å²) in [7, 11) is 0. The summed E-state index contributed by atoms with van der Waals surface area (Å²) in [5.74, 6) is 0.494. The molecule has 1 unspecified atom stereocenters. The lowest BCUT2D eigenvalue weighted by Gasteiger charge is -2.13. The molecular weight excluding hydrogens is 290 g/mol. The molecule has 1 amide bonds. The first-order valence-corrected chi connectivity index (χ1v) is 7.64. The lowest BCUT2D eigenvalue weighted by Crippen LogP contribution is -2.17. The average Bonchev–Trinajstić information content (AvgIpc) is 3.24. The predicted octanol–water partition coefficient (Wildman–Crippen LogP) is 3.29. The molecule has 0 bridgehead atoms. The maximum absolute atomic E-state index is 12.4. The van der Waals surface area contributed by atoms with Gasteiger partial charge in [0.25, 0.3) is 5.91 Å². The molecule has 3 rings (SSSR count).